The molecule has 10 aromatic rings. The van der Waals surface area contributed by atoms with Crippen LogP contribution >= 0.6 is 11.3 Å². The molecule has 0 radical (unpaired) electrons. The average Bonchev–Trinajstić information content (AvgIpc) is 3.78. The lowest BCUT2D eigenvalue weighted by Gasteiger charge is -2.26. The highest BCUT2D eigenvalue weighted by molar-refractivity contribution is 7.26. The van der Waals surface area contributed by atoms with E-state index in [1.54, 1.807) is 0 Å². The summed E-state index contributed by atoms with van der Waals surface area (Å²) in [4.78, 5) is 2.37. The van der Waals surface area contributed by atoms with Crippen LogP contribution in [0.25, 0.3) is 75.5 Å². The van der Waals surface area contributed by atoms with Crippen LogP contribution < -0.4 is 4.90 Å². The van der Waals surface area contributed by atoms with Crippen molar-refractivity contribution in [3.8, 4) is 33.4 Å². The van der Waals surface area contributed by atoms with Crippen LogP contribution in [-0.2, 0) is 0 Å². The predicted octanol–water partition coefficient (Wildman–Crippen LogP) is 14.4. The van der Waals surface area contributed by atoms with E-state index in [-0.39, 0.29) is 0 Å². The molecule has 0 saturated carbocycles. The molecule has 0 aliphatic carbocycles. The highest BCUT2D eigenvalue weighted by atomic mass is 32.1. The van der Waals surface area contributed by atoms with Crippen molar-refractivity contribution in [2.24, 2.45) is 0 Å². The van der Waals surface area contributed by atoms with Gasteiger partial charge in [-0.2, -0.15) is 0 Å². The lowest BCUT2D eigenvalue weighted by Crippen LogP contribution is -2.10. The van der Waals surface area contributed by atoms with Crippen LogP contribution in [0.15, 0.2) is 192 Å². The Hall–Kier alpha value is -6.42. The van der Waals surface area contributed by atoms with Gasteiger partial charge in [0.25, 0.3) is 0 Å². The third kappa shape index (κ3) is 5.01. The summed E-state index contributed by atoms with van der Waals surface area (Å²) in [7, 11) is 0. The molecule has 8 aromatic carbocycles. The largest absolute Gasteiger partial charge is 0.454 e. The van der Waals surface area contributed by atoms with Crippen molar-refractivity contribution in [1.82, 2.24) is 0 Å². The average molecular weight is 670 g/mol. The van der Waals surface area contributed by atoms with Gasteiger partial charge in [0.1, 0.15) is 5.58 Å². The molecule has 2 aromatic heterocycles. The van der Waals surface area contributed by atoms with E-state index in [4.69, 9.17) is 4.42 Å². The van der Waals surface area contributed by atoms with E-state index < -0.39 is 0 Å². The Balaban J connectivity index is 1.09. The molecule has 240 valence electrons. The van der Waals surface area contributed by atoms with Crippen LogP contribution in [-0.4, -0.2) is 0 Å². The van der Waals surface area contributed by atoms with Crippen molar-refractivity contribution in [1.29, 1.82) is 0 Å². The number of rotatable bonds is 6. The molecule has 10 rings (SSSR count). The van der Waals surface area contributed by atoms with Gasteiger partial charge in [0.2, 0.25) is 0 Å². The van der Waals surface area contributed by atoms with Crippen molar-refractivity contribution in [3.63, 3.8) is 0 Å². The fourth-order valence-corrected chi connectivity index (χ4v) is 8.63. The standard InChI is InChI=1S/C48H31NOS/c1-2-12-34(13-3-1)37-14-4-5-15-38(37)35-26-24-32(25-27-35)33-28-30-36(31-29-33)49(42-19-11-23-46-47(42)41-17-7-9-22-45(41)51-46)43-20-10-18-40-39-16-6-8-21-44(39)50-48(40)43/h1-31H. The number of hydrogen-bond acceptors (Lipinski definition) is 3. The second-order valence-corrected chi connectivity index (χ2v) is 14.0. The molecule has 2 heterocycles. The van der Waals surface area contributed by atoms with Gasteiger partial charge in [-0.3, -0.25) is 0 Å². The highest BCUT2D eigenvalue weighted by Crippen LogP contribution is 2.47. The molecule has 0 amide bonds. The summed E-state index contributed by atoms with van der Waals surface area (Å²) in [6.45, 7) is 0. The molecule has 3 heteroatoms. The van der Waals surface area contributed by atoms with E-state index >= 15 is 0 Å². The van der Waals surface area contributed by atoms with Gasteiger partial charge in [-0.25, -0.2) is 0 Å². The van der Waals surface area contributed by atoms with E-state index in [0.717, 1.165) is 39.0 Å². The monoisotopic (exact) mass is 669 g/mol. The Labute approximate surface area is 300 Å². The lowest BCUT2D eigenvalue weighted by atomic mass is 9.93. The summed E-state index contributed by atoms with van der Waals surface area (Å²) in [6, 6.07) is 67.3. The quantitative estimate of drug-likeness (QED) is 0.175. The molecular weight excluding hydrogens is 639 g/mol. The SMILES string of the molecule is c1ccc(-c2ccccc2-c2ccc(-c3ccc(N(c4cccc5c4oc4ccccc45)c4cccc5sc6ccccc6c45)cc3)cc2)cc1. The Morgan fingerprint density at radius 2 is 0.922 bits per heavy atom. The lowest BCUT2D eigenvalue weighted by molar-refractivity contribution is 0.669. The van der Waals surface area contributed by atoms with Crippen LogP contribution in [0.5, 0.6) is 0 Å². The summed E-state index contributed by atoms with van der Waals surface area (Å²) in [5, 5.41) is 4.75. The molecular formula is C48H31NOS. The van der Waals surface area contributed by atoms with E-state index in [1.165, 1.54) is 53.6 Å². The van der Waals surface area contributed by atoms with Crippen LogP contribution in [0.2, 0.25) is 0 Å². The van der Waals surface area contributed by atoms with Crippen LogP contribution in [0, 0.1) is 0 Å². The van der Waals surface area contributed by atoms with Gasteiger partial charge >= 0.3 is 0 Å². The number of hydrogen-bond donors (Lipinski definition) is 0. The number of furan rings is 1. The second-order valence-electron chi connectivity index (χ2n) is 12.9. The zero-order chi connectivity index (χ0) is 33.7. The minimum Gasteiger partial charge on any atom is -0.454 e. The van der Waals surface area contributed by atoms with Crippen molar-refractivity contribution in [2.45, 2.75) is 0 Å². The van der Waals surface area contributed by atoms with Gasteiger partial charge < -0.3 is 9.32 Å². The Morgan fingerprint density at radius 1 is 0.373 bits per heavy atom. The summed E-state index contributed by atoms with van der Waals surface area (Å²) >= 11 is 1.84. The van der Waals surface area contributed by atoms with Crippen molar-refractivity contribution in [3.05, 3.63) is 188 Å². The third-order valence-corrected chi connectivity index (χ3v) is 11.0. The first-order chi connectivity index (χ1) is 25.3. The van der Waals surface area contributed by atoms with Gasteiger partial charge in [-0.15, -0.1) is 11.3 Å². The van der Waals surface area contributed by atoms with E-state index in [2.05, 4.69) is 187 Å². The molecule has 0 atom stereocenters. The molecule has 0 bridgehead atoms. The van der Waals surface area contributed by atoms with E-state index in [9.17, 15) is 0 Å². The van der Waals surface area contributed by atoms with Gasteiger partial charge in [-0.1, -0.05) is 146 Å². The zero-order valence-corrected chi connectivity index (χ0v) is 28.5. The fraction of sp³-hybridized carbons (Fsp3) is 0. The number of anilines is 3. The van der Waals surface area contributed by atoms with Crippen LogP contribution in [0.1, 0.15) is 0 Å². The fourth-order valence-electron chi connectivity index (χ4n) is 7.51. The molecule has 0 aliphatic rings. The third-order valence-electron chi connectivity index (χ3n) is 9.91. The maximum Gasteiger partial charge on any atom is 0.159 e. The first-order valence-electron chi connectivity index (χ1n) is 17.3. The van der Waals surface area contributed by atoms with Gasteiger partial charge in [0.15, 0.2) is 5.58 Å². The summed E-state index contributed by atoms with van der Waals surface area (Å²) in [6.07, 6.45) is 0. The Morgan fingerprint density at radius 3 is 1.71 bits per heavy atom. The number of nitrogens with zero attached hydrogens (tertiary/aromatic N) is 1. The number of benzene rings is 8. The summed E-state index contributed by atoms with van der Waals surface area (Å²) in [5.74, 6) is 0. The normalized spacial score (nSPS) is 11.5. The van der Waals surface area contributed by atoms with Gasteiger partial charge in [0.05, 0.1) is 11.4 Å². The first-order valence-corrected chi connectivity index (χ1v) is 18.1. The minimum absolute atomic E-state index is 0.880. The zero-order valence-electron chi connectivity index (χ0n) is 27.7. The Kier molecular flexibility index (Phi) is 7.04. The summed E-state index contributed by atoms with van der Waals surface area (Å²) < 4.78 is 9.18. The smallest absolute Gasteiger partial charge is 0.159 e. The molecule has 0 unspecified atom stereocenters. The molecule has 0 saturated heterocycles. The maximum atomic E-state index is 6.63. The van der Waals surface area contributed by atoms with E-state index in [1.807, 2.05) is 17.4 Å². The molecule has 51 heavy (non-hydrogen) atoms. The minimum atomic E-state index is 0.880. The van der Waals surface area contributed by atoms with Gasteiger partial charge in [0, 0.05) is 36.6 Å². The number of thiophene rings is 1. The maximum absolute atomic E-state index is 6.63. The topological polar surface area (TPSA) is 16.4 Å². The van der Waals surface area contributed by atoms with Gasteiger partial charge in [-0.05, 0) is 75.8 Å². The Bertz CT molecular complexity index is 2850. The molecule has 0 N–H and O–H groups in total. The second kappa shape index (κ2) is 12.2. The molecule has 2 nitrogen and oxygen atoms in total. The highest BCUT2D eigenvalue weighted by Gasteiger charge is 2.22. The van der Waals surface area contributed by atoms with E-state index in [0.29, 0.717) is 0 Å². The summed E-state index contributed by atoms with van der Waals surface area (Å²) in [5.41, 5.74) is 12.2. The molecule has 0 spiro atoms. The van der Waals surface area contributed by atoms with Crippen molar-refractivity contribution < 1.29 is 4.42 Å². The van der Waals surface area contributed by atoms with Crippen molar-refractivity contribution in [2.75, 3.05) is 4.90 Å². The predicted molar refractivity (Wildman–Crippen MR) is 218 cm³/mol. The molecule has 0 fully saturated rings. The van der Waals surface area contributed by atoms with Crippen LogP contribution in [0.3, 0.4) is 0 Å². The number of fused-ring (bicyclic) bond motifs is 6. The van der Waals surface area contributed by atoms with Crippen LogP contribution in [0.4, 0.5) is 17.1 Å². The first kappa shape index (κ1) is 29.5. The van der Waals surface area contributed by atoms with Crippen molar-refractivity contribution >= 4 is 70.5 Å². The number of para-hydroxylation sites is 2. The molecule has 0 aliphatic heterocycles.